The Morgan fingerprint density at radius 1 is 1.14 bits per heavy atom. The highest BCUT2D eigenvalue weighted by atomic mass is 15.3. The molecule has 2 aliphatic rings. The van der Waals surface area contributed by atoms with E-state index in [9.17, 15) is 0 Å². The number of aryl methyl sites for hydroxylation is 2. The number of aromatic nitrogens is 3. The Balaban J connectivity index is 1.31. The molecule has 1 fully saturated rings. The number of guanidine groups is 1. The average Bonchev–Trinajstić information content (AvgIpc) is 3.26. The maximum absolute atomic E-state index is 4.41. The summed E-state index contributed by atoms with van der Waals surface area (Å²) in [5, 5.41) is 15.8. The van der Waals surface area contributed by atoms with Crippen molar-refractivity contribution in [1.82, 2.24) is 25.4 Å². The second-order valence-corrected chi connectivity index (χ2v) is 7.83. The number of rotatable bonds is 4. The van der Waals surface area contributed by atoms with Gasteiger partial charge in [0.1, 0.15) is 5.82 Å². The summed E-state index contributed by atoms with van der Waals surface area (Å²) >= 11 is 0. The van der Waals surface area contributed by atoms with Gasteiger partial charge in [-0.3, -0.25) is 4.99 Å². The molecule has 28 heavy (non-hydrogen) atoms. The molecule has 2 N–H and O–H groups in total. The van der Waals surface area contributed by atoms with Crippen molar-refractivity contribution in [2.45, 2.75) is 58.2 Å². The van der Waals surface area contributed by atoms with E-state index in [2.05, 4.69) is 66.5 Å². The fraction of sp³-hybridized carbons (Fsp3) is 0.571. The van der Waals surface area contributed by atoms with Crippen molar-refractivity contribution in [3.63, 3.8) is 0 Å². The Morgan fingerprint density at radius 2 is 2.00 bits per heavy atom. The molecule has 150 valence electrons. The van der Waals surface area contributed by atoms with Crippen LogP contribution in [0.1, 0.15) is 42.9 Å². The zero-order valence-corrected chi connectivity index (χ0v) is 17.0. The third-order valence-electron chi connectivity index (χ3n) is 5.75. The van der Waals surface area contributed by atoms with Gasteiger partial charge in [0, 0.05) is 44.8 Å². The Morgan fingerprint density at radius 3 is 2.82 bits per heavy atom. The van der Waals surface area contributed by atoms with E-state index in [4.69, 9.17) is 0 Å². The summed E-state index contributed by atoms with van der Waals surface area (Å²) < 4.78 is 2.28. The van der Waals surface area contributed by atoms with E-state index in [1.807, 2.05) is 7.05 Å². The van der Waals surface area contributed by atoms with Crippen molar-refractivity contribution in [3.05, 3.63) is 41.5 Å². The van der Waals surface area contributed by atoms with E-state index in [0.717, 1.165) is 50.1 Å². The van der Waals surface area contributed by atoms with Crippen LogP contribution in [0.15, 0.2) is 29.3 Å². The van der Waals surface area contributed by atoms with E-state index in [-0.39, 0.29) is 0 Å². The molecule has 1 atom stereocenters. The number of nitrogens with one attached hydrogen (secondary N) is 2. The lowest BCUT2D eigenvalue weighted by Crippen LogP contribution is -2.44. The first-order valence-electron chi connectivity index (χ1n) is 10.4. The summed E-state index contributed by atoms with van der Waals surface area (Å²) in [7, 11) is 1.83. The fourth-order valence-electron chi connectivity index (χ4n) is 4.09. The van der Waals surface area contributed by atoms with Crippen LogP contribution in [-0.4, -0.2) is 46.9 Å². The highest BCUT2D eigenvalue weighted by Crippen LogP contribution is 2.20. The quantitative estimate of drug-likeness (QED) is 0.628. The van der Waals surface area contributed by atoms with Gasteiger partial charge in [0.05, 0.1) is 6.54 Å². The zero-order chi connectivity index (χ0) is 19.3. The maximum atomic E-state index is 4.41. The first-order valence-corrected chi connectivity index (χ1v) is 10.4. The van der Waals surface area contributed by atoms with Crippen LogP contribution in [-0.2, 0) is 19.5 Å². The second kappa shape index (κ2) is 8.63. The zero-order valence-electron chi connectivity index (χ0n) is 17.0. The second-order valence-electron chi connectivity index (χ2n) is 7.83. The molecule has 7 nitrogen and oxygen atoms in total. The third kappa shape index (κ3) is 4.29. The SMILES string of the molecule is CN=C(NCc1nnc2n1CCCCC2)NC1CCN(c2ccc(C)cc2)C1. The number of hydrogen-bond acceptors (Lipinski definition) is 4. The third-order valence-corrected chi connectivity index (χ3v) is 5.75. The molecule has 0 amide bonds. The van der Waals surface area contributed by atoms with Crippen LogP contribution in [0.3, 0.4) is 0 Å². The lowest BCUT2D eigenvalue weighted by molar-refractivity contribution is 0.591. The van der Waals surface area contributed by atoms with Crippen molar-refractivity contribution < 1.29 is 0 Å². The van der Waals surface area contributed by atoms with Gasteiger partial charge in [0.2, 0.25) is 0 Å². The van der Waals surface area contributed by atoms with Gasteiger partial charge in [0.25, 0.3) is 0 Å². The summed E-state index contributed by atoms with van der Waals surface area (Å²) in [6.45, 7) is 5.86. The van der Waals surface area contributed by atoms with Crippen LogP contribution in [0, 0.1) is 6.92 Å². The summed E-state index contributed by atoms with van der Waals surface area (Å²) in [6, 6.07) is 9.17. The smallest absolute Gasteiger partial charge is 0.191 e. The standard InChI is InChI=1S/C21H31N7/c1-16-7-9-18(10-8-16)27-13-11-17(15-27)24-21(22-2)23-14-20-26-25-19-6-4-3-5-12-28(19)20/h7-10,17H,3-6,11-15H2,1-2H3,(H2,22,23,24). The van der Waals surface area contributed by atoms with Gasteiger partial charge in [0.15, 0.2) is 11.8 Å². The molecule has 4 rings (SSSR count). The molecule has 1 unspecified atom stereocenters. The molecule has 1 aromatic heterocycles. The minimum atomic E-state index is 0.392. The molecule has 7 heteroatoms. The molecular formula is C21H31N7. The van der Waals surface area contributed by atoms with Gasteiger partial charge in [-0.2, -0.15) is 0 Å². The predicted octanol–water partition coefficient (Wildman–Crippen LogP) is 2.26. The monoisotopic (exact) mass is 381 g/mol. The number of nitrogens with zero attached hydrogens (tertiary/aromatic N) is 5. The van der Waals surface area contributed by atoms with Gasteiger partial charge < -0.3 is 20.1 Å². The summed E-state index contributed by atoms with van der Waals surface area (Å²) in [4.78, 5) is 6.84. The van der Waals surface area contributed by atoms with E-state index >= 15 is 0 Å². The van der Waals surface area contributed by atoms with Crippen LogP contribution in [0.4, 0.5) is 5.69 Å². The number of aliphatic imine (C=N–C) groups is 1. The molecule has 2 aromatic rings. The fourth-order valence-corrected chi connectivity index (χ4v) is 4.09. The lowest BCUT2D eigenvalue weighted by Gasteiger charge is -2.20. The number of anilines is 1. The topological polar surface area (TPSA) is 70.4 Å². The Labute approximate surface area is 167 Å². The summed E-state index contributed by atoms with van der Waals surface area (Å²) in [5.41, 5.74) is 2.59. The molecule has 1 aromatic carbocycles. The van der Waals surface area contributed by atoms with Gasteiger partial charge in [-0.1, -0.05) is 24.1 Å². The average molecular weight is 382 g/mol. The van der Waals surface area contributed by atoms with E-state index in [0.29, 0.717) is 12.6 Å². The van der Waals surface area contributed by atoms with E-state index in [1.165, 1.54) is 30.5 Å². The largest absolute Gasteiger partial charge is 0.369 e. The molecular weight excluding hydrogens is 350 g/mol. The van der Waals surface area contributed by atoms with Gasteiger partial charge in [-0.05, 0) is 38.3 Å². The minimum absolute atomic E-state index is 0.392. The van der Waals surface area contributed by atoms with E-state index < -0.39 is 0 Å². The van der Waals surface area contributed by atoms with Gasteiger partial charge >= 0.3 is 0 Å². The van der Waals surface area contributed by atoms with Crippen molar-refractivity contribution >= 4 is 11.6 Å². The Bertz CT molecular complexity index is 809. The molecule has 0 spiro atoms. The van der Waals surface area contributed by atoms with Crippen molar-refractivity contribution in [2.24, 2.45) is 4.99 Å². The summed E-state index contributed by atoms with van der Waals surface area (Å²) in [5.74, 6) is 2.97. The first-order chi connectivity index (χ1) is 13.7. The lowest BCUT2D eigenvalue weighted by atomic mass is 10.2. The highest BCUT2D eigenvalue weighted by Gasteiger charge is 2.23. The molecule has 0 bridgehead atoms. The summed E-state index contributed by atoms with van der Waals surface area (Å²) in [6.07, 6.45) is 5.85. The predicted molar refractivity (Wildman–Crippen MR) is 113 cm³/mol. The number of hydrogen-bond donors (Lipinski definition) is 2. The highest BCUT2D eigenvalue weighted by molar-refractivity contribution is 5.80. The number of fused-ring (bicyclic) bond motifs is 1. The molecule has 1 saturated heterocycles. The Hall–Kier alpha value is -2.57. The maximum Gasteiger partial charge on any atom is 0.191 e. The van der Waals surface area contributed by atoms with Crippen LogP contribution in [0.2, 0.25) is 0 Å². The van der Waals surface area contributed by atoms with Gasteiger partial charge in [-0.15, -0.1) is 10.2 Å². The molecule has 0 saturated carbocycles. The molecule has 0 aliphatic carbocycles. The first kappa shape index (κ1) is 18.8. The minimum Gasteiger partial charge on any atom is -0.369 e. The van der Waals surface area contributed by atoms with Crippen LogP contribution < -0.4 is 15.5 Å². The van der Waals surface area contributed by atoms with Crippen LogP contribution in [0.25, 0.3) is 0 Å². The molecule has 0 radical (unpaired) electrons. The van der Waals surface area contributed by atoms with E-state index in [1.54, 1.807) is 0 Å². The van der Waals surface area contributed by atoms with Crippen molar-refractivity contribution in [2.75, 3.05) is 25.0 Å². The van der Waals surface area contributed by atoms with Crippen molar-refractivity contribution in [1.29, 1.82) is 0 Å². The van der Waals surface area contributed by atoms with Gasteiger partial charge in [-0.25, -0.2) is 0 Å². The number of benzene rings is 1. The Kier molecular flexibility index (Phi) is 5.78. The molecule has 2 aliphatic heterocycles. The van der Waals surface area contributed by atoms with Crippen molar-refractivity contribution in [3.8, 4) is 0 Å². The van der Waals surface area contributed by atoms with Crippen LogP contribution >= 0.6 is 0 Å². The molecule has 3 heterocycles. The normalized spacial score (nSPS) is 20.0. The van der Waals surface area contributed by atoms with Crippen LogP contribution in [0.5, 0.6) is 0 Å².